The van der Waals surface area contributed by atoms with Gasteiger partial charge in [-0.05, 0) is 37.3 Å². The molecule has 1 aromatic heterocycles. The Morgan fingerprint density at radius 1 is 1.17 bits per heavy atom. The molecule has 2 aromatic rings. The number of amides is 1. The molecule has 0 saturated heterocycles. The normalized spacial score (nSPS) is 11.9. The first-order valence-corrected chi connectivity index (χ1v) is 5.81. The van der Waals surface area contributed by atoms with Crippen LogP contribution in [0, 0.1) is 0 Å². The van der Waals surface area contributed by atoms with Gasteiger partial charge in [0.2, 0.25) is 5.91 Å². The predicted molar refractivity (Wildman–Crippen MR) is 71.5 cm³/mol. The van der Waals surface area contributed by atoms with Gasteiger partial charge in [-0.15, -0.1) is 0 Å². The molecule has 1 heterocycles. The van der Waals surface area contributed by atoms with Crippen LogP contribution in [0.25, 0.3) is 0 Å². The minimum Gasteiger partial charge on any atom is -0.472 e. The third kappa shape index (κ3) is 3.13. The first kappa shape index (κ1) is 12.2. The van der Waals surface area contributed by atoms with Gasteiger partial charge in [-0.2, -0.15) is 0 Å². The lowest BCUT2D eigenvalue weighted by atomic mass is 10.1. The van der Waals surface area contributed by atoms with Crippen LogP contribution in [0.15, 0.2) is 47.3 Å². The molecule has 18 heavy (non-hydrogen) atoms. The minimum atomic E-state index is -0.0672. The standard InChI is InChI=1S/C14H16N2O2/c1-10(12-7-8-18-9-12)15-13-3-5-14(6-4-13)16-11(2)17/h3-10,15H,1-2H3,(H,16,17). The highest BCUT2D eigenvalue weighted by atomic mass is 16.3. The van der Waals surface area contributed by atoms with Crippen LogP contribution in [0.1, 0.15) is 25.5 Å². The summed E-state index contributed by atoms with van der Waals surface area (Å²) < 4.78 is 5.05. The van der Waals surface area contributed by atoms with Gasteiger partial charge in [0.25, 0.3) is 0 Å². The van der Waals surface area contributed by atoms with Crippen molar-refractivity contribution in [3.05, 3.63) is 48.4 Å². The van der Waals surface area contributed by atoms with E-state index in [0.717, 1.165) is 16.9 Å². The Balaban J connectivity index is 2.00. The molecule has 0 radical (unpaired) electrons. The summed E-state index contributed by atoms with van der Waals surface area (Å²) in [5.74, 6) is -0.0672. The van der Waals surface area contributed by atoms with E-state index in [0.29, 0.717) is 0 Å². The number of nitrogens with one attached hydrogen (secondary N) is 2. The second kappa shape index (κ2) is 5.40. The molecule has 0 aliphatic rings. The molecule has 4 nitrogen and oxygen atoms in total. The summed E-state index contributed by atoms with van der Waals surface area (Å²) in [5, 5.41) is 6.08. The van der Waals surface area contributed by atoms with Gasteiger partial charge in [0.05, 0.1) is 18.6 Å². The van der Waals surface area contributed by atoms with Crippen molar-refractivity contribution >= 4 is 17.3 Å². The zero-order valence-corrected chi connectivity index (χ0v) is 10.4. The summed E-state index contributed by atoms with van der Waals surface area (Å²) in [6, 6.07) is 9.71. The number of rotatable bonds is 4. The summed E-state index contributed by atoms with van der Waals surface area (Å²) in [4.78, 5) is 10.9. The summed E-state index contributed by atoms with van der Waals surface area (Å²) in [7, 11) is 0. The van der Waals surface area contributed by atoms with Crippen LogP contribution in [0.2, 0.25) is 0 Å². The Morgan fingerprint density at radius 2 is 1.83 bits per heavy atom. The smallest absolute Gasteiger partial charge is 0.221 e. The molecular formula is C14H16N2O2. The van der Waals surface area contributed by atoms with Crippen molar-refractivity contribution < 1.29 is 9.21 Å². The van der Waals surface area contributed by atoms with E-state index in [1.807, 2.05) is 30.3 Å². The molecular weight excluding hydrogens is 228 g/mol. The molecule has 0 aliphatic carbocycles. The van der Waals surface area contributed by atoms with Crippen LogP contribution in [0.5, 0.6) is 0 Å². The molecule has 0 fully saturated rings. The van der Waals surface area contributed by atoms with Gasteiger partial charge in [0, 0.05) is 23.9 Å². The molecule has 2 N–H and O–H groups in total. The summed E-state index contributed by atoms with van der Waals surface area (Å²) in [5.41, 5.74) is 2.89. The van der Waals surface area contributed by atoms with E-state index in [1.165, 1.54) is 6.92 Å². The number of benzene rings is 1. The van der Waals surface area contributed by atoms with Crippen LogP contribution in [0.4, 0.5) is 11.4 Å². The molecule has 0 saturated carbocycles. The molecule has 1 amide bonds. The van der Waals surface area contributed by atoms with Crippen molar-refractivity contribution in [2.24, 2.45) is 0 Å². The first-order valence-electron chi connectivity index (χ1n) is 5.81. The van der Waals surface area contributed by atoms with Crippen molar-refractivity contribution in [1.82, 2.24) is 0 Å². The Bertz CT molecular complexity index is 503. The molecule has 94 valence electrons. The molecule has 2 rings (SSSR count). The van der Waals surface area contributed by atoms with E-state index in [2.05, 4.69) is 17.6 Å². The minimum absolute atomic E-state index is 0.0672. The van der Waals surface area contributed by atoms with Gasteiger partial charge in [0.1, 0.15) is 0 Å². The maximum Gasteiger partial charge on any atom is 0.221 e. The second-order valence-corrected chi connectivity index (χ2v) is 4.18. The van der Waals surface area contributed by atoms with E-state index in [4.69, 9.17) is 4.42 Å². The zero-order valence-electron chi connectivity index (χ0n) is 10.4. The quantitative estimate of drug-likeness (QED) is 0.866. The molecule has 0 spiro atoms. The second-order valence-electron chi connectivity index (χ2n) is 4.18. The first-order chi connectivity index (χ1) is 8.65. The van der Waals surface area contributed by atoms with Crippen molar-refractivity contribution in [3.8, 4) is 0 Å². The van der Waals surface area contributed by atoms with Gasteiger partial charge < -0.3 is 15.1 Å². The number of hydrogen-bond donors (Lipinski definition) is 2. The third-order valence-corrected chi connectivity index (χ3v) is 2.63. The van der Waals surface area contributed by atoms with Crippen molar-refractivity contribution in [2.45, 2.75) is 19.9 Å². The molecule has 0 bridgehead atoms. The lowest BCUT2D eigenvalue weighted by Crippen LogP contribution is -2.07. The fourth-order valence-corrected chi connectivity index (χ4v) is 1.71. The number of carbonyl (C=O) groups is 1. The monoisotopic (exact) mass is 244 g/mol. The van der Waals surface area contributed by atoms with Crippen molar-refractivity contribution in [3.63, 3.8) is 0 Å². The Labute approximate surface area is 106 Å². The predicted octanol–water partition coefficient (Wildman–Crippen LogP) is 3.41. The van der Waals surface area contributed by atoms with Gasteiger partial charge in [-0.1, -0.05) is 0 Å². The largest absolute Gasteiger partial charge is 0.472 e. The summed E-state index contributed by atoms with van der Waals surface area (Å²) in [6.07, 6.45) is 3.39. The fraction of sp³-hybridized carbons (Fsp3) is 0.214. The van der Waals surface area contributed by atoms with Crippen LogP contribution < -0.4 is 10.6 Å². The highest BCUT2D eigenvalue weighted by Crippen LogP contribution is 2.20. The maximum absolute atomic E-state index is 10.9. The summed E-state index contributed by atoms with van der Waals surface area (Å²) in [6.45, 7) is 3.56. The average molecular weight is 244 g/mol. The van der Waals surface area contributed by atoms with E-state index < -0.39 is 0 Å². The average Bonchev–Trinajstić information content (AvgIpc) is 2.84. The molecule has 1 atom stereocenters. The fourth-order valence-electron chi connectivity index (χ4n) is 1.71. The van der Waals surface area contributed by atoms with E-state index in [9.17, 15) is 4.79 Å². The maximum atomic E-state index is 10.9. The van der Waals surface area contributed by atoms with Crippen molar-refractivity contribution in [2.75, 3.05) is 10.6 Å². The highest BCUT2D eigenvalue weighted by molar-refractivity contribution is 5.88. The van der Waals surface area contributed by atoms with Crippen LogP contribution >= 0.6 is 0 Å². The Morgan fingerprint density at radius 3 is 2.39 bits per heavy atom. The molecule has 0 aliphatic heterocycles. The number of furan rings is 1. The van der Waals surface area contributed by atoms with Crippen LogP contribution in [0.3, 0.4) is 0 Å². The Hall–Kier alpha value is -2.23. The number of carbonyl (C=O) groups excluding carboxylic acids is 1. The van der Waals surface area contributed by atoms with Crippen LogP contribution in [-0.4, -0.2) is 5.91 Å². The van der Waals surface area contributed by atoms with E-state index in [1.54, 1.807) is 12.5 Å². The van der Waals surface area contributed by atoms with Gasteiger partial charge in [-0.3, -0.25) is 4.79 Å². The topological polar surface area (TPSA) is 54.3 Å². The van der Waals surface area contributed by atoms with E-state index in [-0.39, 0.29) is 11.9 Å². The van der Waals surface area contributed by atoms with Crippen LogP contribution in [-0.2, 0) is 4.79 Å². The SMILES string of the molecule is CC(=O)Nc1ccc(NC(C)c2ccoc2)cc1. The zero-order chi connectivity index (χ0) is 13.0. The van der Waals surface area contributed by atoms with Gasteiger partial charge in [0.15, 0.2) is 0 Å². The molecule has 1 aromatic carbocycles. The number of anilines is 2. The lowest BCUT2D eigenvalue weighted by Gasteiger charge is -2.14. The third-order valence-electron chi connectivity index (χ3n) is 2.63. The lowest BCUT2D eigenvalue weighted by molar-refractivity contribution is -0.114. The highest BCUT2D eigenvalue weighted by Gasteiger charge is 2.06. The molecule has 1 unspecified atom stereocenters. The van der Waals surface area contributed by atoms with Crippen molar-refractivity contribution in [1.29, 1.82) is 0 Å². The van der Waals surface area contributed by atoms with Gasteiger partial charge in [-0.25, -0.2) is 0 Å². The summed E-state index contributed by atoms with van der Waals surface area (Å²) >= 11 is 0. The Kier molecular flexibility index (Phi) is 3.67. The molecule has 4 heteroatoms. The van der Waals surface area contributed by atoms with E-state index >= 15 is 0 Å². The van der Waals surface area contributed by atoms with Gasteiger partial charge >= 0.3 is 0 Å². The number of hydrogen-bond acceptors (Lipinski definition) is 3.